The summed E-state index contributed by atoms with van der Waals surface area (Å²) in [6.07, 6.45) is 0. The lowest BCUT2D eigenvalue weighted by Crippen LogP contribution is -2.23. The van der Waals surface area contributed by atoms with Gasteiger partial charge < -0.3 is 4.90 Å². The van der Waals surface area contributed by atoms with E-state index in [0.29, 0.717) is 0 Å². The van der Waals surface area contributed by atoms with Crippen molar-refractivity contribution in [3.63, 3.8) is 0 Å². The van der Waals surface area contributed by atoms with E-state index in [2.05, 4.69) is 25.1 Å². The number of fused-ring (bicyclic) bond motifs is 1. The van der Waals surface area contributed by atoms with E-state index in [1.54, 1.807) is 0 Å². The minimum atomic E-state index is 0.0496. The van der Waals surface area contributed by atoms with Gasteiger partial charge in [-0.2, -0.15) is 0 Å². The third-order valence-corrected chi connectivity index (χ3v) is 3.55. The lowest BCUT2D eigenvalue weighted by Gasteiger charge is -2.21. The fraction of sp³-hybridized carbons (Fsp3) is 0.188. The number of carbonyl (C=O) groups is 1. The van der Waals surface area contributed by atoms with Crippen LogP contribution in [0.5, 0.6) is 0 Å². The highest BCUT2D eigenvalue weighted by Gasteiger charge is 2.34. The molecule has 0 aromatic heterocycles. The second kappa shape index (κ2) is 3.98. The Labute approximate surface area is 107 Å². The van der Waals surface area contributed by atoms with E-state index in [0.717, 1.165) is 11.1 Å². The Kier molecular flexibility index (Phi) is 2.44. The second-order valence-electron chi connectivity index (χ2n) is 4.82. The predicted octanol–water partition coefficient (Wildman–Crippen LogP) is 3.17. The Balaban J connectivity index is 2.16. The third-order valence-electron chi connectivity index (χ3n) is 3.55. The van der Waals surface area contributed by atoms with E-state index in [9.17, 15) is 4.79 Å². The first-order valence-electron chi connectivity index (χ1n) is 6.11. The number of rotatable bonds is 1. The predicted molar refractivity (Wildman–Crippen MR) is 71.6 cm³/mol. The van der Waals surface area contributed by atoms with Gasteiger partial charge in [-0.3, -0.25) is 4.79 Å². The van der Waals surface area contributed by atoms with Crippen LogP contribution in [-0.2, 0) is 0 Å². The molecule has 0 saturated carbocycles. The first kappa shape index (κ1) is 11.0. The zero-order chi connectivity index (χ0) is 12.7. The fourth-order valence-corrected chi connectivity index (χ4v) is 2.69. The minimum absolute atomic E-state index is 0.0496. The van der Waals surface area contributed by atoms with Gasteiger partial charge in [0.1, 0.15) is 0 Å². The maximum absolute atomic E-state index is 12.2. The summed E-state index contributed by atoms with van der Waals surface area (Å²) in [5.74, 6) is 0.108. The van der Waals surface area contributed by atoms with Crippen molar-refractivity contribution in [2.24, 2.45) is 0 Å². The van der Waals surface area contributed by atoms with Crippen molar-refractivity contribution in [2.45, 2.75) is 13.0 Å². The zero-order valence-corrected chi connectivity index (χ0v) is 10.6. The molecule has 0 aliphatic carbocycles. The van der Waals surface area contributed by atoms with Crippen molar-refractivity contribution in [1.82, 2.24) is 4.90 Å². The largest absolute Gasteiger partial charge is 0.331 e. The first-order chi connectivity index (χ1) is 8.68. The third kappa shape index (κ3) is 1.53. The molecule has 0 spiro atoms. The van der Waals surface area contributed by atoms with E-state index < -0.39 is 0 Å². The molecule has 90 valence electrons. The standard InChI is InChI=1S/C16H15NO/c1-11-6-5-7-12(10-11)15-13-8-3-4-9-14(13)16(18)17(15)2/h3-10,15H,1-2H3. The molecule has 1 aliphatic rings. The normalized spacial score (nSPS) is 18.0. The number of amides is 1. The van der Waals surface area contributed by atoms with Crippen LogP contribution < -0.4 is 0 Å². The molecule has 0 N–H and O–H groups in total. The van der Waals surface area contributed by atoms with Crippen LogP contribution in [0, 0.1) is 6.92 Å². The topological polar surface area (TPSA) is 20.3 Å². The molecule has 1 unspecified atom stereocenters. The second-order valence-corrected chi connectivity index (χ2v) is 4.82. The van der Waals surface area contributed by atoms with Crippen molar-refractivity contribution < 1.29 is 4.79 Å². The average Bonchev–Trinajstić information content (AvgIpc) is 2.63. The summed E-state index contributed by atoms with van der Waals surface area (Å²) in [7, 11) is 1.87. The summed E-state index contributed by atoms with van der Waals surface area (Å²) < 4.78 is 0. The van der Waals surface area contributed by atoms with Crippen LogP contribution in [0.3, 0.4) is 0 Å². The molecule has 0 saturated heterocycles. The smallest absolute Gasteiger partial charge is 0.254 e. The first-order valence-corrected chi connectivity index (χ1v) is 6.11. The molecule has 0 fully saturated rings. The number of hydrogen-bond acceptors (Lipinski definition) is 1. The number of hydrogen-bond donors (Lipinski definition) is 0. The molecular formula is C16H15NO. The quantitative estimate of drug-likeness (QED) is 0.746. The molecular weight excluding hydrogens is 222 g/mol. The van der Waals surface area contributed by atoms with Crippen LogP contribution in [-0.4, -0.2) is 17.9 Å². The zero-order valence-electron chi connectivity index (χ0n) is 10.6. The molecule has 1 atom stereocenters. The molecule has 18 heavy (non-hydrogen) atoms. The lowest BCUT2D eigenvalue weighted by atomic mass is 9.97. The van der Waals surface area contributed by atoms with Crippen LogP contribution in [0.2, 0.25) is 0 Å². The van der Waals surface area contributed by atoms with Gasteiger partial charge in [-0.25, -0.2) is 0 Å². The number of benzene rings is 2. The van der Waals surface area contributed by atoms with Crippen LogP contribution >= 0.6 is 0 Å². The fourth-order valence-electron chi connectivity index (χ4n) is 2.69. The Hall–Kier alpha value is -2.09. The summed E-state index contributed by atoms with van der Waals surface area (Å²) in [5, 5.41) is 0. The van der Waals surface area contributed by atoms with Gasteiger partial charge in [0.15, 0.2) is 0 Å². The number of carbonyl (C=O) groups excluding carboxylic acids is 1. The van der Waals surface area contributed by atoms with E-state index in [1.807, 2.05) is 42.3 Å². The highest BCUT2D eigenvalue weighted by atomic mass is 16.2. The van der Waals surface area contributed by atoms with Crippen molar-refractivity contribution >= 4 is 5.91 Å². The number of nitrogens with zero attached hydrogens (tertiary/aromatic N) is 1. The van der Waals surface area contributed by atoms with Crippen molar-refractivity contribution in [3.8, 4) is 0 Å². The highest BCUT2D eigenvalue weighted by molar-refractivity contribution is 5.99. The summed E-state index contributed by atoms with van der Waals surface area (Å²) in [4.78, 5) is 14.0. The van der Waals surface area contributed by atoms with Gasteiger partial charge in [0.2, 0.25) is 0 Å². The molecule has 2 heteroatoms. The van der Waals surface area contributed by atoms with Gasteiger partial charge in [-0.1, -0.05) is 48.0 Å². The molecule has 1 amide bonds. The summed E-state index contributed by atoms with van der Waals surface area (Å²) in [5.41, 5.74) is 4.33. The van der Waals surface area contributed by atoms with Gasteiger partial charge in [-0.15, -0.1) is 0 Å². The maximum atomic E-state index is 12.2. The minimum Gasteiger partial charge on any atom is -0.331 e. The summed E-state index contributed by atoms with van der Waals surface area (Å²) in [6.45, 7) is 2.08. The maximum Gasteiger partial charge on any atom is 0.254 e. The molecule has 1 aliphatic heterocycles. The lowest BCUT2D eigenvalue weighted by molar-refractivity contribution is 0.0793. The van der Waals surface area contributed by atoms with Gasteiger partial charge in [-0.05, 0) is 24.1 Å². The van der Waals surface area contributed by atoms with Gasteiger partial charge in [0, 0.05) is 12.6 Å². The van der Waals surface area contributed by atoms with Crippen LogP contribution in [0.1, 0.15) is 33.1 Å². The molecule has 2 aromatic rings. The molecule has 3 rings (SSSR count). The SMILES string of the molecule is Cc1cccc(C2c3ccccc3C(=O)N2C)c1. The van der Waals surface area contributed by atoms with Crippen molar-refractivity contribution in [3.05, 3.63) is 70.8 Å². The Morgan fingerprint density at radius 1 is 1.06 bits per heavy atom. The van der Waals surface area contributed by atoms with Gasteiger partial charge in [0.05, 0.1) is 6.04 Å². The van der Waals surface area contributed by atoms with E-state index in [4.69, 9.17) is 0 Å². The molecule has 2 aromatic carbocycles. The van der Waals surface area contributed by atoms with Crippen LogP contribution in [0.15, 0.2) is 48.5 Å². The van der Waals surface area contributed by atoms with E-state index in [1.165, 1.54) is 11.1 Å². The Morgan fingerprint density at radius 2 is 1.83 bits per heavy atom. The highest BCUT2D eigenvalue weighted by Crippen LogP contribution is 2.37. The summed E-state index contributed by atoms with van der Waals surface area (Å²) >= 11 is 0. The van der Waals surface area contributed by atoms with E-state index in [-0.39, 0.29) is 11.9 Å². The van der Waals surface area contributed by atoms with Crippen LogP contribution in [0.4, 0.5) is 0 Å². The van der Waals surface area contributed by atoms with Crippen molar-refractivity contribution in [2.75, 3.05) is 7.05 Å². The number of aryl methyl sites for hydroxylation is 1. The monoisotopic (exact) mass is 237 g/mol. The Morgan fingerprint density at radius 3 is 2.61 bits per heavy atom. The summed E-state index contributed by atoms with van der Waals surface area (Å²) in [6, 6.07) is 16.3. The van der Waals surface area contributed by atoms with Crippen LogP contribution in [0.25, 0.3) is 0 Å². The van der Waals surface area contributed by atoms with Crippen molar-refractivity contribution in [1.29, 1.82) is 0 Å². The molecule has 0 radical (unpaired) electrons. The molecule has 2 nitrogen and oxygen atoms in total. The molecule has 1 heterocycles. The van der Waals surface area contributed by atoms with E-state index >= 15 is 0 Å². The average molecular weight is 237 g/mol. The van der Waals surface area contributed by atoms with Gasteiger partial charge >= 0.3 is 0 Å². The molecule has 0 bridgehead atoms. The van der Waals surface area contributed by atoms with Gasteiger partial charge in [0.25, 0.3) is 5.91 Å². The Bertz CT molecular complexity index is 618.